The normalized spacial score (nSPS) is 29.2. The molecule has 1 aliphatic carbocycles. The zero-order valence-electron chi connectivity index (χ0n) is 13.5. The minimum Gasteiger partial charge on any atom is -0.377 e. The van der Waals surface area contributed by atoms with E-state index in [1.165, 1.54) is 18.4 Å². The largest absolute Gasteiger partial charge is 0.377 e. The van der Waals surface area contributed by atoms with Crippen LogP contribution >= 0.6 is 0 Å². The van der Waals surface area contributed by atoms with Crippen LogP contribution in [0.25, 0.3) is 0 Å². The predicted octanol–water partition coefficient (Wildman–Crippen LogP) is 1.99. The van der Waals surface area contributed by atoms with Crippen LogP contribution in [0.5, 0.6) is 0 Å². The fourth-order valence-electron chi connectivity index (χ4n) is 3.87. The van der Waals surface area contributed by atoms with Crippen molar-refractivity contribution >= 4 is 0 Å². The molecule has 0 aromatic carbocycles. The number of ether oxygens (including phenoxy) is 2. The smallest absolute Gasteiger partial charge is 0.0859 e. The van der Waals surface area contributed by atoms with Crippen LogP contribution in [0.4, 0.5) is 0 Å². The molecule has 1 spiro atoms. The Kier molecular flexibility index (Phi) is 4.96. The van der Waals surface area contributed by atoms with Gasteiger partial charge in [-0.1, -0.05) is 12.5 Å². The van der Waals surface area contributed by atoms with Crippen molar-refractivity contribution in [2.75, 3.05) is 32.9 Å². The van der Waals surface area contributed by atoms with Crippen molar-refractivity contribution < 1.29 is 9.47 Å². The number of aryl methyl sites for hydroxylation is 1. The lowest BCUT2D eigenvalue weighted by atomic mass is 9.89. The number of hydrogen-bond donors (Lipinski definition) is 0. The molecule has 1 aromatic rings. The van der Waals surface area contributed by atoms with Crippen molar-refractivity contribution in [2.24, 2.45) is 13.0 Å². The molecule has 2 fully saturated rings. The van der Waals surface area contributed by atoms with Gasteiger partial charge >= 0.3 is 0 Å². The van der Waals surface area contributed by atoms with Crippen LogP contribution in [0.2, 0.25) is 0 Å². The fourth-order valence-corrected chi connectivity index (χ4v) is 3.87. The molecule has 2 atom stereocenters. The molecule has 1 aliphatic heterocycles. The van der Waals surface area contributed by atoms with Crippen LogP contribution in [0.1, 0.15) is 24.8 Å². The molecule has 1 saturated heterocycles. The molecule has 1 aromatic heterocycles. The van der Waals surface area contributed by atoms with Crippen molar-refractivity contribution in [3.05, 3.63) is 30.6 Å². The van der Waals surface area contributed by atoms with Crippen LogP contribution in [0, 0.1) is 5.92 Å². The highest BCUT2D eigenvalue weighted by atomic mass is 16.5. The Bertz CT molecular complexity index is 502. The van der Waals surface area contributed by atoms with E-state index in [9.17, 15) is 0 Å². The SMILES string of the molecule is C=CCOC[C@@H]1CCC[C@@]12CN(Cc1cnn(C)c1)CCO2. The van der Waals surface area contributed by atoms with E-state index in [-0.39, 0.29) is 5.60 Å². The molecule has 5 heteroatoms. The summed E-state index contributed by atoms with van der Waals surface area (Å²) in [6.07, 6.45) is 9.47. The summed E-state index contributed by atoms with van der Waals surface area (Å²) >= 11 is 0. The van der Waals surface area contributed by atoms with E-state index in [0.717, 1.165) is 39.3 Å². The molecule has 0 amide bonds. The maximum atomic E-state index is 6.27. The third-order valence-corrected chi connectivity index (χ3v) is 4.90. The molecule has 122 valence electrons. The standard InChI is InChI=1S/C17H27N3O2/c1-3-8-21-13-16-5-4-6-17(16)14-20(7-9-22-17)12-15-10-18-19(2)11-15/h3,10-11,16H,1,4-9,12-14H2,2H3/t16-,17+/m0/s1. The average molecular weight is 305 g/mol. The molecule has 2 aliphatic rings. The van der Waals surface area contributed by atoms with Gasteiger partial charge in [-0.3, -0.25) is 9.58 Å². The first-order chi connectivity index (χ1) is 10.7. The number of morpholine rings is 1. The van der Waals surface area contributed by atoms with Gasteiger partial charge in [0.15, 0.2) is 0 Å². The van der Waals surface area contributed by atoms with Gasteiger partial charge in [0.1, 0.15) is 0 Å². The first-order valence-corrected chi connectivity index (χ1v) is 8.24. The number of aromatic nitrogens is 2. The highest BCUT2D eigenvalue weighted by Crippen LogP contribution is 2.41. The molecule has 2 heterocycles. The lowest BCUT2D eigenvalue weighted by Crippen LogP contribution is -2.54. The summed E-state index contributed by atoms with van der Waals surface area (Å²) in [5.74, 6) is 0.504. The van der Waals surface area contributed by atoms with Gasteiger partial charge in [-0.25, -0.2) is 0 Å². The van der Waals surface area contributed by atoms with Crippen LogP contribution in [-0.4, -0.2) is 53.2 Å². The van der Waals surface area contributed by atoms with E-state index < -0.39 is 0 Å². The highest BCUT2D eigenvalue weighted by Gasteiger charge is 2.46. The monoisotopic (exact) mass is 305 g/mol. The van der Waals surface area contributed by atoms with E-state index in [0.29, 0.717) is 12.5 Å². The quantitative estimate of drug-likeness (QED) is 0.595. The zero-order chi connectivity index (χ0) is 15.4. The van der Waals surface area contributed by atoms with Crippen LogP contribution in [0.15, 0.2) is 25.0 Å². The minimum absolute atomic E-state index is 0.0123. The summed E-state index contributed by atoms with van der Waals surface area (Å²) in [6.45, 7) is 8.91. The summed E-state index contributed by atoms with van der Waals surface area (Å²) in [7, 11) is 1.97. The fraction of sp³-hybridized carbons (Fsp3) is 0.706. The molecular formula is C17H27N3O2. The number of nitrogens with zero attached hydrogens (tertiary/aromatic N) is 3. The van der Waals surface area contributed by atoms with Gasteiger partial charge in [0.05, 0.1) is 31.6 Å². The molecule has 1 saturated carbocycles. The van der Waals surface area contributed by atoms with Crippen LogP contribution < -0.4 is 0 Å². The topological polar surface area (TPSA) is 39.5 Å². The lowest BCUT2D eigenvalue weighted by molar-refractivity contribution is -0.142. The van der Waals surface area contributed by atoms with Crippen molar-refractivity contribution in [2.45, 2.75) is 31.4 Å². The van der Waals surface area contributed by atoms with Crippen molar-refractivity contribution in [1.29, 1.82) is 0 Å². The Morgan fingerprint density at radius 1 is 1.59 bits per heavy atom. The second-order valence-corrected chi connectivity index (χ2v) is 6.56. The Labute approximate surface area is 132 Å². The minimum atomic E-state index is -0.0123. The Hall–Kier alpha value is -1.17. The van der Waals surface area contributed by atoms with Crippen LogP contribution in [-0.2, 0) is 23.1 Å². The second kappa shape index (κ2) is 6.94. The summed E-state index contributed by atoms with van der Waals surface area (Å²) in [5, 5.41) is 4.27. The van der Waals surface area contributed by atoms with E-state index in [4.69, 9.17) is 9.47 Å². The van der Waals surface area contributed by atoms with Crippen molar-refractivity contribution in [3.8, 4) is 0 Å². The van der Waals surface area contributed by atoms with Gasteiger partial charge in [0, 0.05) is 44.4 Å². The molecule has 3 rings (SSSR count). The molecule has 22 heavy (non-hydrogen) atoms. The zero-order valence-corrected chi connectivity index (χ0v) is 13.5. The Morgan fingerprint density at radius 2 is 2.50 bits per heavy atom. The third kappa shape index (κ3) is 3.42. The average Bonchev–Trinajstić information content (AvgIpc) is 3.07. The van der Waals surface area contributed by atoms with E-state index in [2.05, 4.69) is 22.8 Å². The summed E-state index contributed by atoms with van der Waals surface area (Å²) in [5.41, 5.74) is 1.26. The lowest BCUT2D eigenvalue weighted by Gasteiger charge is -2.44. The van der Waals surface area contributed by atoms with Crippen molar-refractivity contribution in [3.63, 3.8) is 0 Å². The van der Waals surface area contributed by atoms with Gasteiger partial charge in [0.25, 0.3) is 0 Å². The molecule has 0 N–H and O–H groups in total. The van der Waals surface area contributed by atoms with E-state index >= 15 is 0 Å². The molecule has 0 unspecified atom stereocenters. The Morgan fingerprint density at radius 3 is 3.27 bits per heavy atom. The van der Waals surface area contributed by atoms with Gasteiger partial charge in [-0.05, 0) is 12.8 Å². The van der Waals surface area contributed by atoms with Crippen LogP contribution in [0.3, 0.4) is 0 Å². The third-order valence-electron chi connectivity index (χ3n) is 4.90. The summed E-state index contributed by atoms with van der Waals surface area (Å²) in [6, 6.07) is 0. The molecule has 5 nitrogen and oxygen atoms in total. The van der Waals surface area contributed by atoms with E-state index in [1.54, 1.807) is 0 Å². The van der Waals surface area contributed by atoms with Gasteiger partial charge in [-0.15, -0.1) is 6.58 Å². The maximum absolute atomic E-state index is 6.27. The predicted molar refractivity (Wildman–Crippen MR) is 85.5 cm³/mol. The van der Waals surface area contributed by atoms with E-state index in [1.807, 2.05) is 24.0 Å². The summed E-state index contributed by atoms with van der Waals surface area (Å²) < 4.78 is 13.9. The summed E-state index contributed by atoms with van der Waals surface area (Å²) in [4.78, 5) is 2.51. The maximum Gasteiger partial charge on any atom is 0.0859 e. The van der Waals surface area contributed by atoms with Gasteiger partial charge in [0.2, 0.25) is 0 Å². The number of rotatable bonds is 6. The van der Waals surface area contributed by atoms with Gasteiger partial charge in [-0.2, -0.15) is 5.10 Å². The first kappa shape index (κ1) is 15.7. The van der Waals surface area contributed by atoms with Crippen molar-refractivity contribution in [1.82, 2.24) is 14.7 Å². The first-order valence-electron chi connectivity index (χ1n) is 8.24. The molecule has 0 radical (unpaired) electrons. The Balaban J connectivity index is 1.61. The number of hydrogen-bond acceptors (Lipinski definition) is 4. The molecular weight excluding hydrogens is 278 g/mol. The van der Waals surface area contributed by atoms with Gasteiger partial charge < -0.3 is 9.47 Å². The second-order valence-electron chi connectivity index (χ2n) is 6.56. The molecule has 0 bridgehead atoms. The highest BCUT2D eigenvalue weighted by molar-refractivity contribution is 5.05.